The van der Waals surface area contributed by atoms with Gasteiger partial charge in [-0.3, -0.25) is 0 Å². The Bertz CT molecular complexity index is 861. The van der Waals surface area contributed by atoms with E-state index < -0.39 is 7.12 Å². The van der Waals surface area contributed by atoms with Crippen molar-refractivity contribution in [1.82, 2.24) is 0 Å². The largest absolute Gasteiger partial charge is 0.491 e. The van der Waals surface area contributed by atoms with E-state index in [4.69, 9.17) is 20.7 Å². The van der Waals surface area contributed by atoms with Crippen molar-refractivity contribution in [2.45, 2.75) is 26.4 Å². The highest BCUT2D eigenvalue weighted by molar-refractivity contribution is 6.61. The highest BCUT2D eigenvalue weighted by Gasteiger charge is 2.27. The molecule has 6 nitrogen and oxygen atoms in total. The van der Waals surface area contributed by atoms with Gasteiger partial charge in [0.25, 0.3) is 0 Å². The van der Waals surface area contributed by atoms with Crippen molar-refractivity contribution in [3.63, 3.8) is 0 Å². The molecule has 0 spiro atoms. The molecule has 0 radical (unpaired) electrons. The molecule has 0 unspecified atom stereocenters. The summed E-state index contributed by atoms with van der Waals surface area (Å²) in [6.45, 7) is 9.39. The molecule has 0 aromatic heterocycles. The quantitative estimate of drug-likeness (QED) is 0.472. The second-order valence-electron chi connectivity index (χ2n) is 6.02. The highest BCUT2D eigenvalue weighted by Crippen LogP contribution is 2.35. The van der Waals surface area contributed by atoms with Crippen LogP contribution in [0.4, 0.5) is 5.69 Å². The molecule has 0 fully saturated rings. The third-order valence-corrected chi connectivity index (χ3v) is 3.99. The maximum absolute atomic E-state index is 11.0. The first-order valence-electron chi connectivity index (χ1n) is 8.31. The molecule has 1 aliphatic rings. The molecule has 3 rings (SSSR count). The second kappa shape index (κ2) is 8.04. The summed E-state index contributed by atoms with van der Waals surface area (Å²) in [6, 6.07) is 10.3. The van der Waals surface area contributed by atoms with Crippen LogP contribution in [0.5, 0.6) is 17.2 Å². The van der Waals surface area contributed by atoms with E-state index >= 15 is 0 Å². The average Bonchev–Trinajstić information content (AvgIpc) is 3.00. The molecule has 0 bridgehead atoms. The fraction of sp³-hybridized carbons (Fsp3) is 0.263. The van der Waals surface area contributed by atoms with Gasteiger partial charge in [-0.15, -0.1) is 0 Å². The Morgan fingerprint density at radius 2 is 2.15 bits per heavy atom. The molecule has 26 heavy (non-hydrogen) atoms. The summed E-state index contributed by atoms with van der Waals surface area (Å²) in [5.41, 5.74) is 2.06. The van der Waals surface area contributed by atoms with Gasteiger partial charge in [0.2, 0.25) is 0 Å². The van der Waals surface area contributed by atoms with Crippen molar-refractivity contribution in [3.8, 4) is 17.2 Å². The van der Waals surface area contributed by atoms with Crippen LogP contribution in [-0.2, 0) is 16.1 Å². The van der Waals surface area contributed by atoms with Crippen LogP contribution in [0.15, 0.2) is 36.4 Å². The molecular weight excluding hydrogens is 333 g/mol. The van der Waals surface area contributed by atoms with E-state index in [1.54, 1.807) is 37.3 Å². The van der Waals surface area contributed by atoms with Gasteiger partial charge in [0.15, 0.2) is 17.2 Å². The fourth-order valence-electron chi connectivity index (χ4n) is 2.66. The van der Waals surface area contributed by atoms with Crippen molar-refractivity contribution in [1.29, 1.82) is 0 Å². The third-order valence-electron chi connectivity index (χ3n) is 3.99. The molecule has 1 heterocycles. The van der Waals surface area contributed by atoms with Crippen LogP contribution in [0.2, 0.25) is 0 Å². The van der Waals surface area contributed by atoms with Gasteiger partial charge in [0.1, 0.15) is 11.5 Å². The Kier molecular flexibility index (Phi) is 5.57. The van der Waals surface area contributed by atoms with E-state index in [0.717, 1.165) is 11.0 Å². The van der Waals surface area contributed by atoms with Crippen LogP contribution in [0, 0.1) is 6.57 Å². The topological polar surface area (TPSA) is 69.3 Å². The first kappa shape index (κ1) is 18.0. The number of Topliss-reactive ketones (excluding diaryl/α,β-unsaturated/α-hetero) is 1. The number of carbonyl (C=O) groups is 1. The number of fused-ring (bicyclic) bond motifs is 1. The molecule has 2 aromatic carbocycles. The number of benzene rings is 2. The molecule has 1 aliphatic heterocycles. The molecule has 1 N–H and O–H groups in total. The van der Waals surface area contributed by atoms with Gasteiger partial charge in [-0.05, 0) is 48.6 Å². The van der Waals surface area contributed by atoms with E-state index in [9.17, 15) is 9.82 Å². The number of nitrogens with zero attached hydrogens (tertiary/aromatic N) is 1. The predicted octanol–water partition coefficient (Wildman–Crippen LogP) is 3.00. The average molecular weight is 351 g/mol. The molecule has 0 atom stereocenters. The van der Waals surface area contributed by atoms with Crippen LogP contribution >= 0.6 is 0 Å². The number of hydrogen-bond donors (Lipinski definition) is 1. The van der Waals surface area contributed by atoms with Gasteiger partial charge in [-0.1, -0.05) is 12.1 Å². The predicted molar refractivity (Wildman–Crippen MR) is 97.0 cm³/mol. The number of hydrogen-bond acceptors (Lipinski definition) is 5. The zero-order valence-electron chi connectivity index (χ0n) is 14.4. The van der Waals surface area contributed by atoms with E-state index in [-0.39, 0.29) is 5.78 Å². The van der Waals surface area contributed by atoms with Gasteiger partial charge in [0, 0.05) is 6.42 Å². The summed E-state index contributed by atoms with van der Waals surface area (Å²) in [7, 11) is -0.892. The van der Waals surface area contributed by atoms with Crippen LogP contribution in [0.1, 0.15) is 25.3 Å². The number of carbonyl (C=O) groups excluding carboxylic acids is 1. The monoisotopic (exact) mass is 351 g/mol. The normalized spacial score (nSPS) is 12.4. The molecule has 0 saturated heterocycles. The first-order chi connectivity index (χ1) is 12.6. The summed E-state index contributed by atoms with van der Waals surface area (Å²) in [4.78, 5) is 14.4. The van der Waals surface area contributed by atoms with Crippen molar-refractivity contribution in [2.24, 2.45) is 0 Å². The van der Waals surface area contributed by atoms with E-state index in [2.05, 4.69) is 4.85 Å². The van der Waals surface area contributed by atoms with E-state index in [0.29, 0.717) is 49.0 Å². The van der Waals surface area contributed by atoms with Gasteiger partial charge in [-0.25, -0.2) is 4.85 Å². The van der Waals surface area contributed by atoms with Crippen molar-refractivity contribution < 1.29 is 23.9 Å². The third kappa shape index (κ3) is 4.23. The molecular formula is C19H18BNO5. The first-order valence-corrected chi connectivity index (χ1v) is 8.31. The summed E-state index contributed by atoms with van der Waals surface area (Å²) in [6.07, 6.45) is 1.05. The SMILES string of the molecule is [C-]#[N+]c1ccc(Oc2ccc3c(c2)COB3O)c(OCCCC(C)=O)c1. The summed E-state index contributed by atoms with van der Waals surface area (Å²) in [5.74, 6) is 1.65. The lowest BCUT2D eigenvalue weighted by Gasteiger charge is -2.13. The Morgan fingerprint density at radius 3 is 2.92 bits per heavy atom. The molecule has 0 amide bonds. The lowest BCUT2D eigenvalue weighted by atomic mass is 9.80. The van der Waals surface area contributed by atoms with Crippen LogP contribution < -0.4 is 14.9 Å². The minimum absolute atomic E-state index is 0.113. The Balaban J connectivity index is 1.76. The Morgan fingerprint density at radius 1 is 1.31 bits per heavy atom. The van der Waals surface area contributed by atoms with Crippen molar-refractivity contribution in [3.05, 3.63) is 53.4 Å². The van der Waals surface area contributed by atoms with Gasteiger partial charge in [-0.2, -0.15) is 0 Å². The van der Waals surface area contributed by atoms with Crippen LogP contribution in [-0.4, -0.2) is 24.5 Å². The minimum Gasteiger partial charge on any atom is -0.491 e. The molecule has 0 aliphatic carbocycles. The summed E-state index contributed by atoms with van der Waals surface area (Å²) in [5, 5.41) is 9.69. The highest BCUT2D eigenvalue weighted by atomic mass is 16.5. The van der Waals surface area contributed by atoms with Crippen molar-refractivity contribution >= 4 is 24.1 Å². The number of ether oxygens (including phenoxy) is 2. The van der Waals surface area contributed by atoms with Gasteiger partial charge < -0.3 is 23.9 Å². The zero-order chi connectivity index (χ0) is 18.5. The van der Waals surface area contributed by atoms with E-state index in [1.165, 1.54) is 0 Å². The fourth-order valence-corrected chi connectivity index (χ4v) is 2.66. The molecule has 0 saturated carbocycles. The summed E-state index contributed by atoms with van der Waals surface area (Å²) < 4.78 is 16.8. The molecule has 7 heteroatoms. The lowest BCUT2D eigenvalue weighted by molar-refractivity contribution is -0.117. The molecule has 2 aromatic rings. The summed E-state index contributed by atoms with van der Waals surface area (Å²) >= 11 is 0. The minimum atomic E-state index is -0.892. The maximum atomic E-state index is 11.0. The second-order valence-corrected chi connectivity index (χ2v) is 6.02. The van der Waals surface area contributed by atoms with Gasteiger partial charge in [0.05, 0.1) is 19.8 Å². The smallest absolute Gasteiger partial charge is 0.491 e. The van der Waals surface area contributed by atoms with Crippen molar-refractivity contribution in [2.75, 3.05) is 6.61 Å². The Labute approximate surface area is 152 Å². The molecule has 132 valence electrons. The lowest BCUT2D eigenvalue weighted by Crippen LogP contribution is -2.27. The van der Waals surface area contributed by atoms with Crippen LogP contribution in [0.3, 0.4) is 0 Å². The zero-order valence-corrected chi connectivity index (χ0v) is 14.4. The van der Waals surface area contributed by atoms with Crippen LogP contribution in [0.25, 0.3) is 4.85 Å². The van der Waals surface area contributed by atoms with Gasteiger partial charge >= 0.3 is 7.12 Å². The standard InChI is InChI=1S/C19H18BNO5/c1-13(22)4-3-9-24-19-11-15(21-2)5-8-18(19)26-16-6-7-17-14(10-16)12-25-20(17)23/h5-8,10-11,23H,3-4,9,12H2,1H3. The van der Waals surface area contributed by atoms with E-state index in [1.807, 2.05) is 6.07 Å². The number of ketones is 1. The maximum Gasteiger partial charge on any atom is 0.491 e. The Hall–Kier alpha value is -2.82. The number of rotatable bonds is 7.